The standard InChI is InChI=1S/C15H19NO2/c1-3-4-7-15(18)16-14-9-8-13(6-5-10-17)12(2)11-14/h8-9,11,17H,3-4,7,10H2,1-2H3,(H,16,18). The van der Waals surface area contributed by atoms with E-state index in [-0.39, 0.29) is 12.5 Å². The molecule has 1 aromatic rings. The van der Waals surface area contributed by atoms with Crippen molar-refractivity contribution in [2.75, 3.05) is 11.9 Å². The molecule has 0 atom stereocenters. The van der Waals surface area contributed by atoms with E-state index in [9.17, 15) is 4.79 Å². The van der Waals surface area contributed by atoms with Crippen LogP contribution in [0.4, 0.5) is 5.69 Å². The Labute approximate surface area is 108 Å². The van der Waals surface area contributed by atoms with E-state index in [0.717, 1.165) is 29.7 Å². The monoisotopic (exact) mass is 245 g/mol. The third-order valence-corrected chi connectivity index (χ3v) is 2.57. The summed E-state index contributed by atoms with van der Waals surface area (Å²) in [7, 11) is 0. The van der Waals surface area contributed by atoms with E-state index in [1.54, 1.807) is 0 Å². The van der Waals surface area contributed by atoms with Gasteiger partial charge in [0.25, 0.3) is 0 Å². The van der Waals surface area contributed by atoms with Crippen molar-refractivity contribution in [3.05, 3.63) is 29.3 Å². The summed E-state index contributed by atoms with van der Waals surface area (Å²) in [4.78, 5) is 11.6. The predicted octanol–water partition coefficient (Wildman–Crippen LogP) is 2.47. The van der Waals surface area contributed by atoms with Crippen LogP contribution in [0.3, 0.4) is 0 Å². The molecule has 0 saturated heterocycles. The van der Waals surface area contributed by atoms with Gasteiger partial charge in [-0.15, -0.1) is 0 Å². The largest absolute Gasteiger partial charge is 0.384 e. The molecule has 0 saturated carbocycles. The number of hydrogen-bond acceptors (Lipinski definition) is 2. The van der Waals surface area contributed by atoms with Crippen LogP contribution in [-0.4, -0.2) is 17.6 Å². The highest BCUT2D eigenvalue weighted by Gasteiger charge is 2.03. The smallest absolute Gasteiger partial charge is 0.224 e. The number of nitrogens with one attached hydrogen (secondary N) is 1. The lowest BCUT2D eigenvalue weighted by molar-refractivity contribution is -0.116. The molecule has 0 fully saturated rings. The summed E-state index contributed by atoms with van der Waals surface area (Å²) in [6.45, 7) is 3.85. The fourth-order valence-electron chi connectivity index (χ4n) is 1.58. The molecule has 0 spiro atoms. The summed E-state index contributed by atoms with van der Waals surface area (Å²) in [5.41, 5.74) is 2.66. The first kappa shape index (κ1) is 14.3. The first-order chi connectivity index (χ1) is 8.67. The Morgan fingerprint density at radius 2 is 2.22 bits per heavy atom. The molecule has 1 amide bonds. The molecule has 3 nitrogen and oxygen atoms in total. The van der Waals surface area contributed by atoms with Crippen LogP contribution in [0.25, 0.3) is 0 Å². The Bertz CT molecular complexity index is 469. The molecule has 0 aliphatic heterocycles. The first-order valence-corrected chi connectivity index (χ1v) is 6.17. The Hall–Kier alpha value is -1.79. The first-order valence-electron chi connectivity index (χ1n) is 6.17. The van der Waals surface area contributed by atoms with Crippen molar-refractivity contribution in [3.63, 3.8) is 0 Å². The summed E-state index contributed by atoms with van der Waals surface area (Å²) in [6, 6.07) is 5.58. The summed E-state index contributed by atoms with van der Waals surface area (Å²) in [6.07, 6.45) is 2.48. The van der Waals surface area contributed by atoms with Gasteiger partial charge in [0.15, 0.2) is 0 Å². The molecule has 0 aromatic heterocycles. The van der Waals surface area contributed by atoms with E-state index in [1.165, 1.54) is 0 Å². The number of aryl methyl sites for hydroxylation is 1. The van der Waals surface area contributed by atoms with Crippen molar-refractivity contribution in [2.45, 2.75) is 33.1 Å². The third kappa shape index (κ3) is 4.60. The Morgan fingerprint density at radius 1 is 1.44 bits per heavy atom. The maximum Gasteiger partial charge on any atom is 0.224 e. The number of unbranched alkanes of at least 4 members (excludes halogenated alkanes) is 1. The van der Waals surface area contributed by atoms with Crippen LogP contribution in [0.15, 0.2) is 18.2 Å². The average molecular weight is 245 g/mol. The highest BCUT2D eigenvalue weighted by atomic mass is 16.2. The fraction of sp³-hybridized carbons (Fsp3) is 0.400. The van der Waals surface area contributed by atoms with E-state index < -0.39 is 0 Å². The van der Waals surface area contributed by atoms with Crippen LogP contribution in [0, 0.1) is 18.8 Å². The second-order valence-corrected chi connectivity index (χ2v) is 4.14. The lowest BCUT2D eigenvalue weighted by Gasteiger charge is -2.06. The van der Waals surface area contributed by atoms with Crippen molar-refractivity contribution in [1.29, 1.82) is 0 Å². The normalized spacial score (nSPS) is 9.50. The molecule has 18 heavy (non-hydrogen) atoms. The zero-order chi connectivity index (χ0) is 13.4. The van der Waals surface area contributed by atoms with Gasteiger partial charge in [-0.05, 0) is 37.1 Å². The lowest BCUT2D eigenvalue weighted by atomic mass is 10.1. The Balaban J connectivity index is 2.69. The van der Waals surface area contributed by atoms with Gasteiger partial charge in [-0.3, -0.25) is 4.79 Å². The molecular formula is C15H19NO2. The number of carbonyl (C=O) groups excluding carboxylic acids is 1. The van der Waals surface area contributed by atoms with Gasteiger partial charge in [0.05, 0.1) is 0 Å². The number of carbonyl (C=O) groups is 1. The third-order valence-electron chi connectivity index (χ3n) is 2.57. The summed E-state index contributed by atoms with van der Waals surface area (Å²) in [5.74, 6) is 5.52. The van der Waals surface area contributed by atoms with Gasteiger partial charge >= 0.3 is 0 Å². The molecule has 0 bridgehead atoms. The molecule has 0 aliphatic rings. The molecule has 1 rings (SSSR count). The number of rotatable bonds is 4. The van der Waals surface area contributed by atoms with Gasteiger partial charge in [-0.25, -0.2) is 0 Å². The van der Waals surface area contributed by atoms with Crippen LogP contribution in [0.1, 0.15) is 37.3 Å². The lowest BCUT2D eigenvalue weighted by Crippen LogP contribution is -2.11. The highest BCUT2D eigenvalue weighted by molar-refractivity contribution is 5.90. The van der Waals surface area contributed by atoms with Gasteiger partial charge in [-0.1, -0.05) is 25.2 Å². The minimum atomic E-state index is -0.144. The minimum Gasteiger partial charge on any atom is -0.384 e. The van der Waals surface area contributed by atoms with Crippen LogP contribution < -0.4 is 5.32 Å². The molecule has 0 unspecified atom stereocenters. The maximum absolute atomic E-state index is 11.6. The van der Waals surface area contributed by atoms with Gasteiger partial charge < -0.3 is 10.4 Å². The quantitative estimate of drug-likeness (QED) is 0.801. The van der Waals surface area contributed by atoms with Crippen LogP contribution >= 0.6 is 0 Å². The van der Waals surface area contributed by atoms with E-state index >= 15 is 0 Å². The van der Waals surface area contributed by atoms with Crippen LogP contribution in [-0.2, 0) is 4.79 Å². The molecule has 0 heterocycles. The maximum atomic E-state index is 11.6. The number of aliphatic hydroxyl groups excluding tert-OH is 1. The number of benzene rings is 1. The van der Waals surface area contributed by atoms with Gasteiger partial charge in [0.1, 0.15) is 6.61 Å². The second kappa shape index (κ2) is 7.52. The van der Waals surface area contributed by atoms with Crippen molar-refractivity contribution >= 4 is 11.6 Å². The van der Waals surface area contributed by atoms with Gasteiger partial charge in [-0.2, -0.15) is 0 Å². The highest BCUT2D eigenvalue weighted by Crippen LogP contribution is 2.15. The zero-order valence-corrected chi connectivity index (χ0v) is 10.9. The molecule has 3 heteroatoms. The Morgan fingerprint density at radius 3 is 2.83 bits per heavy atom. The van der Waals surface area contributed by atoms with E-state index in [0.29, 0.717) is 6.42 Å². The van der Waals surface area contributed by atoms with Crippen molar-refractivity contribution in [3.8, 4) is 11.8 Å². The molecule has 0 aliphatic carbocycles. The molecule has 0 radical (unpaired) electrons. The topological polar surface area (TPSA) is 49.3 Å². The number of hydrogen-bond donors (Lipinski definition) is 2. The van der Waals surface area contributed by atoms with E-state index in [1.807, 2.05) is 25.1 Å². The molecule has 96 valence electrons. The van der Waals surface area contributed by atoms with Crippen molar-refractivity contribution in [1.82, 2.24) is 0 Å². The zero-order valence-electron chi connectivity index (χ0n) is 10.9. The number of amides is 1. The van der Waals surface area contributed by atoms with Crippen LogP contribution in [0.5, 0.6) is 0 Å². The van der Waals surface area contributed by atoms with Crippen molar-refractivity contribution < 1.29 is 9.90 Å². The van der Waals surface area contributed by atoms with E-state index in [2.05, 4.69) is 24.1 Å². The summed E-state index contributed by atoms with van der Waals surface area (Å²) >= 11 is 0. The minimum absolute atomic E-state index is 0.0467. The summed E-state index contributed by atoms with van der Waals surface area (Å²) < 4.78 is 0. The molecular weight excluding hydrogens is 226 g/mol. The number of anilines is 1. The molecule has 2 N–H and O–H groups in total. The van der Waals surface area contributed by atoms with Crippen LogP contribution in [0.2, 0.25) is 0 Å². The second-order valence-electron chi connectivity index (χ2n) is 4.14. The van der Waals surface area contributed by atoms with Gasteiger partial charge in [0.2, 0.25) is 5.91 Å². The molecule has 1 aromatic carbocycles. The average Bonchev–Trinajstić information content (AvgIpc) is 2.35. The van der Waals surface area contributed by atoms with E-state index in [4.69, 9.17) is 5.11 Å². The number of aliphatic hydroxyl groups is 1. The fourth-order valence-corrected chi connectivity index (χ4v) is 1.58. The van der Waals surface area contributed by atoms with Gasteiger partial charge in [0, 0.05) is 17.7 Å². The SMILES string of the molecule is CCCCC(=O)Nc1ccc(C#CCO)c(C)c1. The summed E-state index contributed by atoms with van der Waals surface area (Å²) in [5, 5.41) is 11.5. The van der Waals surface area contributed by atoms with Crippen molar-refractivity contribution in [2.24, 2.45) is 0 Å². The predicted molar refractivity (Wildman–Crippen MR) is 73.3 cm³/mol. The Kier molecular flexibility index (Phi) is 5.96.